The van der Waals surface area contributed by atoms with E-state index >= 15 is 0 Å². The van der Waals surface area contributed by atoms with E-state index in [2.05, 4.69) is 27.3 Å². The van der Waals surface area contributed by atoms with Gasteiger partial charge < -0.3 is 20.0 Å². The summed E-state index contributed by atoms with van der Waals surface area (Å²) in [7, 11) is 2.21. The molecule has 0 aromatic carbocycles. The van der Waals surface area contributed by atoms with Crippen molar-refractivity contribution < 1.29 is 9.63 Å². The molecule has 2 saturated heterocycles. The van der Waals surface area contributed by atoms with Crippen molar-refractivity contribution in [2.45, 2.75) is 51.2 Å². The summed E-state index contributed by atoms with van der Waals surface area (Å²) < 4.78 is 0. The van der Waals surface area contributed by atoms with Gasteiger partial charge >= 0.3 is 0 Å². The summed E-state index contributed by atoms with van der Waals surface area (Å²) >= 11 is 0. The fourth-order valence-electron chi connectivity index (χ4n) is 3.88. The van der Waals surface area contributed by atoms with Crippen LogP contribution in [-0.4, -0.2) is 73.3 Å². The van der Waals surface area contributed by atoms with E-state index in [-0.39, 0.29) is 5.91 Å². The van der Waals surface area contributed by atoms with Crippen LogP contribution in [0.3, 0.4) is 0 Å². The second-order valence-corrected chi connectivity index (χ2v) is 7.38. The van der Waals surface area contributed by atoms with Crippen molar-refractivity contribution in [3.63, 3.8) is 0 Å². The number of nitrogens with one attached hydrogen (secondary N) is 1. The Hall–Kier alpha value is -1.14. The van der Waals surface area contributed by atoms with Crippen LogP contribution in [-0.2, 0) is 9.63 Å². The quantitative estimate of drug-likeness (QED) is 0.841. The first kappa shape index (κ1) is 16.7. The van der Waals surface area contributed by atoms with E-state index in [4.69, 9.17) is 4.84 Å². The van der Waals surface area contributed by atoms with Crippen LogP contribution in [0.1, 0.15) is 39.0 Å². The van der Waals surface area contributed by atoms with Crippen molar-refractivity contribution in [1.82, 2.24) is 15.1 Å². The standard InChI is InChI=1S/C17H30N4O2/c1-13-11-16(23-19-13)17(22)18-12-14-3-9-21(10-4-14)15-5-7-20(2)8-6-15/h14-16H,3-12H2,1-2H3,(H,18,22). The van der Waals surface area contributed by atoms with E-state index in [1.807, 2.05) is 6.92 Å². The van der Waals surface area contributed by atoms with Crippen molar-refractivity contribution in [3.05, 3.63) is 0 Å². The minimum Gasteiger partial charge on any atom is -0.382 e. The fraction of sp³-hybridized carbons (Fsp3) is 0.882. The number of likely N-dealkylation sites (tertiary alicyclic amines) is 2. The van der Waals surface area contributed by atoms with Crippen molar-refractivity contribution >= 4 is 11.6 Å². The molecule has 130 valence electrons. The van der Waals surface area contributed by atoms with Crippen LogP contribution in [0.2, 0.25) is 0 Å². The molecule has 23 heavy (non-hydrogen) atoms. The summed E-state index contributed by atoms with van der Waals surface area (Å²) in [5.41, 5.74) is 0.900. The van der Waals surface area contributed by atoms with Gasteiger partial charge in [0.25, 0.3) is 5.91 Å². The maximum atomic E-state index is 12.1. The zero-order valence-electron chi connectivity index (χ0n) is 14.5. The number of hydrogen-bond donors (Lipinski definition) is 1. The molecule has 0 aliphatic carbocycles. The molecule has 3 aliphatic heterocycles. The second-order valence-electron chi connectivity index (χ2n) is 7.38. The number of amides is 1. The van der Waals surface area contributed by atoms with Crippen molar-refractivity contribution in [2.75, 3.05) is 39.8 Å². The van der Waals surface area contributed by atoms with Crippen LogP contribution in [0, 0.1) is 5.92 Å². The van der Waals surface area contributed by atoms with E-state index in [1.165, 1.54) is 51.9 Å². The highest BCUT2D eigenvalue weighted by atomic mass is 16.6. The lowest BCUT2D eigenvalue weighted by atomic mass is 9.93. The van der Waals surface area contributed by atoms with Crippen molar-refractivity contribution in [3.8, 4) is 0 Å². The average molecular weight is 322 g/mol. The summed E-state index contributed by atoms with van der Waals surface area (Å²) in [6.45, 7) is 7.48. The second kappa shape index (κ2) is 7.62. The van der Waals surface area contributed by atoms with Gasteiger partial charge in [0.1, 0.15) is 0 Å². The predicted octanol–water partition coefficient (Wildman–Crippen LogP) is 1.07. The van der Waals surface area contributed by atoms with Gasteiger partial charge in [-0.1, -0.05) is 5.16 Å². The first-order chi connectivity index (χ1) is 11.1. The van der Waals surface area contributed by atoms with Gasteiger partial charge in [0.2, 0.25) is 6.10 Å². The third kappa shape index (κ3) is 4.44. The fourth-order valence-corrected chi connectivity index (χ4v) is 3.88. The molecule has 0 radical (unpaired) electrons. The lowest BCUT2D eigenvalue weighted by Crippen LogP contribution is -2.48. The molecule has 0 aromatic heterocycles. The third-order valence-corrected chi connectivity index (χ3v) is 5.53. The van der Waals surface area contributed by atoms with Crippen LogP contribution in [0.4, 0.5) is 0 Å². The number of oxime groups is 1. The van der Waals surface area contributed by atoms with E-state index < -0.39 is 6.10 Å². The first-order valence-electron chi connectivity index (χ1n) is 9.01. The molecule has 0 spiro atoms. The highest BCUT2D eigenvalue weighted by Crippen LogP contribution is 2.23. The lowest BCUT2D eigenvalue weighted by molar-refractivity contribution is -0.131. The number of carbonyl (C=O) groups is 1. The number of hydrogen-bond acceptors (Lipinski definition) is 5. The van der Waals surface area contributed by atoms with Crippen LogP contribution in [0.25, 0.3) is 0 Å². The Morgan fingerprint density at radius 2 is 1.91 bits per heavy atom. The zero-order valence-corrected chi connectivity index (χ0v) is 14.5. The van der Waals surface area contributed by atoms with Gasteiger partial charge in [0, 0.05) is 19.0 Å². The van der Waals surface area contributed by atoms with Gasteiger partial charge in [-0.05, 0) is 71.8 Å². The molecule has 6 heteroatoms. The largest absolute Gasteiger partial charge is 0.382 e. The van der Waals surface area contributed by atoms with E-state index in [0.29, 0.717) is 12.3 Å². The molecular formula is C17H30N4O2. The van der Waals surface area contributed by atoms with Crippen LogP contribution in [0.15, 0.2) is 5.16 Å². The van der Waals surface area contributed by atoms with E-state index in [0.717, 1.165) is 18.3 Å². The Kier molecular flexibility index (Phi) is 5.54. The molecule has 1 atom stereocenters. The van der Waals surface area contributed by atoms with Gasteiger partial charge in [-0.3, -0.25) is 4.79 Å². The molecule has 0 bridgehead atoms. The summed E-state index contributed by atoms with van der Waals surface area (Å²) in [4.78, 5) is 22.3. The topological polar surface area (TPSA) is 57.2 Å². The Labute approximate surface area is 139 Å². The van der Waals surface area contributed by atoms with Gasteiger partial charge in [-0.2, -0.15) is 0 Å². The smallest absolute Gasteiger partial charge is 0.264 e. The number of carbonyl (C=O) groups excluding carboxylic acids is 1. The molecule has 1 N–H and O–H groups in total. The van der Waals surface area contributed by atoms with Gasteiger partial charge in [0.15, 0.2) is 0 Å². The minimum atomic E-state index is -0.408. The third-order valence-electron chi connectivity index (χ3n) is 5.53. The molecule has 1 amide bonds. The number of rotatable bonds is 4. The molecule has 6 nitrogen and oxygen atoms in total. The number of nitrogens with zero attached hydrogens (tertiary/aromatic N) is 3. The Morgan fingerprint density at radius 3 is 2.52 bits per heavy atom. The monoisotopic (exact) mass is 322 g/mol. The molecule has 3 rings (SSSR count). The average Bonchev–Trinajstić information content (AvgIpc) is 3.00. The lowest BCUT2D eigenvalue weighted by Gasteiger charge is -2.41. The van der Waals surface area contributed by atoms with Gasteiger partial charge in [0.05, 0.1) is 5.71 Å². The first-order valence-corrected chi connectivity index (χ1v) is 9.01. The van der Waals surface area contributed by atoms with Gasteiger partial charge in [-0.15, -0.1) is 0 Å². The highest BCUT2D eigenvalue weighted by molar-refractivity contribution is 5.91. The summed E-state index contributed by atoms with van der Waals surface area (Å²) in [5.74, 6) is 0.591. The molecular weight excluding hydrogens is 292 g/mol. The SMILES string of the molecule is CC1=NOC(C(=O)NCC2CCN(C3CCN(C)CC3)CC2)C1. The normalized spacial score (nSPS) is 28.4. The van der Waals surface area contributed by atoms with Crippen LogP contribution >= 0.6 is 0 Å². The molecule has 1 unspecified atom stereocenters. The molecule has 2 fully saturated rings. The zero-order chi connectivity index (χ0) is 16.2. The van der Waals surface area contributed by atoms with Crippen molar-refractivity contribution in [2.24, 2.45) is 11.1 Å². The van der Waals surface area contributed by atoms with E-state index in [9.17, 15) is 4.79 Å². The molecule has 0 saturated carbocycles. The minimum absolute atomic E-state index is 0.0108. The maximum Gasteiger partial charge on any atom is 0.264 e. The van der Waals surface area contributed by atoms with E-state index in [1.54, 1.807) is 0 Å². The van der Waals surface area contributed by atoms with Crippen molar-refractivity contribution in [1.29, 1.82) is 0 Å². The maximum absolute atomic E-state index is 12.1. The Balaban J connectivity index is 1.34. The molecule has 3 heterocycles. The molecule has 3 aliphatic rings. The highest BCUT2D eigenvalue weighted by Gasteiger charge is 2.29. The Morgan fingerprint density at radius 1 is 1.22 bits per heavy atom. The Bertz CT molecular complexity index is 438. The predicted molar refractivity (Wildman–Crippen MR) is 90.4 cm³/mol. The van der Waals surface area contributed by atoms with Crippen LogP contribution < -0.4 is 5.32 Å². The summed E-state index contributed by atoms with van der Waals surface area (Å²) in [6.07, 6.45) is 5.20. The number of piperidine rings is 2. The summed E-state index contributed by atoms with van der Waals surface area (Å²) in [6, 6.07) is 0.772. The van der Waals surface area contributed by atoms with Crippen LogP contribution in [0.5, 0.6) is 0 Å². The molecule has 0 aromatic rings. The summed E-state index contributed by atoms with van der Waals surface area (Å²) in [5, 5.41) is 6.90. The van der Waals surface area contributed by atoms with Gasteiger partial charge in [-0.25, -0.2) is 0 Å².